The first kappa shape index (κ1) is 22.1. The summed E-state index contributed by atoms with van der Waals surface area (Å²) in [7, 11) is 1.82. The van der Waals surface area contributed by atoms with Gasteiger partial charge in [0.15, 0.2) is 4.80 Å². The quantitative estimate of drug-likeness (QED) is 0.477. The number of aromatic nitrogens is 3. The number of nitrogens with zero attached hydrogens (tertiary/aromatic N) is 4. The van der Waals surface area contributed by atoms with Crippen LogP contribution in [0.2, 0.25) is 5.02 Å². The van der Waals surface area contributed by atoms with E-state index in [-0.39, 0.29) is 11.5 Å². The van der Waals surface area contributed by atoms with Gasteiger partial charge in [-0.2, -0.15) is 5.10 Å². The maximum atomic E-state index is 13.6. The number of para-hydroxylation sites is 1. The molecule has 0 saturated heterocycles. The van der Waals surface area contributed by atoms with E-state index in [0.717, 1.165) is 5.56 Å². The molecular weight excluding hydrogens is 470 g/mol. The van der Waals surface area contributed by atoms with Crippen molar-refractivity contribution in [3.05, 3.63) is 114 Å². The summed E-state index contributed by atoms with van der Waals surface area (Å²) in [6.45, 7) is 1.78. The normalized spacial score (nSPS) is 15.7. The molecule has 34 heavy (non-hydrogen) atoms. The number of aryl methyl sites for hydroxylation is 1. The fourth-order valence-electron chi connectivity index (χ4n) is 3.99. The van der Waals surface area contributed by atoms with Crippen molar-refractivity contribution in [1.82, 2.24) is 14.3 Å². The van der Waals surface area contributed by atoms with Gasteiger partial charge in [0.05, 0.1) is 28.0 Å². The zero-order valence-corrected chi connectivity index (χ0v) is 20.0. The van der Waals surface area contributed by atoms with Crippen molar-refractivity contribution in [3.8, 4) is 0 Å². The van der Waals surface area contributed by atoms with Crippen LogP contribution < -0.4 is 20.2 Å². The molecule has 9 heteroatoms. The molecule has 5 rings (SSSR count). The Balaban J connectivity index is 1.70. The van der Waals surface area contributed by atoms with Gasteiger partial charge >= 0.3 is 0 Å². The molecule has 2 aromatic heterocycles. The van der Waals surface area contributed by atoms with Gasteiger partial charge in [0.25, 0.3) is 11.5 Å². The van der Waals surface area contributed by atoms with Crippen LogP contribution in [0.1, 0.15) is 24.1 Å². The Labute approximate surface area is 204 Å². The zero-order chi connectivity index (χ0) is 23.8. The topological polar surface area (TPSA) is 81.3 Å². The van der Waals surface area contributed by atoms with Gasteiger partial charge in [-0.3, -0.25) is 18.8 Å². The van der Waals surface area contributed by atoms with Crippen molar-refractivity contribution in [1.29, 1.82) is 0 Å². The number of nitrogens with one attached hydrogen (secondary N) is 1. The maximum absolute atomic E-state index is 13.6. The number of thiazole rings is 1. The van der Waals surface area contributed by atoms with Crippen LogP contribution >= 0.6 is 22.9 Å². The molecule has 3 heterocycles. The van der Waals surface area contributed by atoms with E-state index in [9.17, 15) is 9.59 Å². The number of hydrogen-bond acceptors (Lipinski definition) is 5. The van der Waals surface area contributed by atoms with Crippen LogP contribution in [0.25, 0.3) is 6.08 Å². The molecule has 0 unspecified atom stereocenters. The average Bonchev–Trinajstić information content (AvgIpc) is 3.36. The molecule has 0 spiro atoms. The fourth-order valence-corrected chi connectivity index (χ4v) is 5.27. The standard InChI is InChI=1S/C25H20ClN5O2S/c1-15-21(23(32)29-17-8-4-3-5-9-17)22(18-10-6-7-11-19(18)26)31-24(33)20(34-25(31)28-15)12-16-13-27-30(2)14-16/h3-14,22H,1-2H3,(H,29,32)/b20-12+/t22-/m1/s1. The summed E-state index contributed by atoms with van der Waals surface area (Å²) in [4.78, 5) is 32.3. The summed E-state index contributed by atoms with van der Waals surface area (Å²) >= 11 is 7.85. The largest absolute Gasteiger partial charge is 0.322 e. The minimum atomic E-state index is -0.718. The van der Waals surface area contributed by atoms with Gasteiger partial charge in [0.1, 0.15) is 0 Å². The summed E-state index contributed by atoms with van der Waals surface area (Å²) in [6.07, 6.45) is 5.30. The monoisotopic (exact) mass is 489 g/mol. The van der Waals surface area contributed by atoms with Crippen LogP contribution in [-0.4, -0.2) is 20.3 Å². The van der Waals surface area contributed by atoms with Gasteiger partial charge in [-0.25, -0.2) is 4.99 Å². The molecule has 1 amide bonds. The van der Waals surface area contributed by atoms with Gasteiger partial charge in [-0.15, -0.1) is 0 Å². The van der Waals surface area contributed by atoms with Crippen LogP contribution in [-0.2, 0) is 11.8 Å². The number of halogens is 1. The van der Waals surface area contributed by atoms with E-state index in [0.29, 0.717) is 36.9 Å². The van der Waals surface area contributed by atoms with E-state index >= 15 is 0 Å². The number of carbonyl (C=O) groups is 1. The molecular formula is C25H20ClN5O2S. The lowest BCUT2D eigenvalue weighted by atomic mass is 9.95. The molecule has 1 atom stereocenters. The van der Waals surface area contributed by atoms with Crippen LogP contribution in [0, 0.1) is 0 Å². The highest BCUT2D eigenvalue weighted by atomic mass is 35.5. The Hall–Kier alpha value is -3.75. The number of rotatable bonds is 4. The highest BCUT2D eigenvalue weighted by molar-refractivity contribution is 7.07. The number of amides is 1. The van der Waals surface area contributed by atoms with E-state index in [1.807, 2.05) is 49.6 Å². The number of fused-ring (bicyclic) bond motifs is 1. The van der Waals surface area contributed by atoms with Gasteiger partial charge in [0.2, 0.25) is 0 Å². The molecule has 4 aromatic rings. The maximum Gasteiger partial charge on any atom is 0.271 e. The first-order chi connectivity index (χ1) is 16.4. The Bertz CT molecular complexity index is 1610. The molecule has 0 aliphatic carbocycles. The van der Waals surface area contributed by atoms with Gasteiger partial charge in [-0.05, 0) is 36.8 Å². The molecule has 0 radical (unpaired) electrons. The third-order valence-corrected chi connectivity index (χ3v) is 6.85. The second-order valence-electron chi connectivity index (χ2n) is 7.87. The highest BCUT2D eigenvalue weighted by Crippen LogP contribution is 2.34. The Morgan fingerprint density at radius 3 is 2.59 bits per heavy atom. The predicted molar refractivity (Wildman–Crippen MR) is 133 cm³/mol. The molecule has 0 saturated carbocycles. The van der Waals surface area contributed by atoms with Crippen LogP contribution in [0.5, 0.6) is 0 Å². The van der Waals surface area contributed by atoms with Crippen molar-refractivity contribution in [3.63, 3.8) is 0 Å². The molecule has 1 aliphatic heterocycles. The van der Waals surface area contributed by atoms with Crippen LogP contribution in [0.15, 0.2) is 88.0 Å². The summed E-state index contributed by atoms with van der Waals surface area (Å²) in [5.41, 5.74) is 2.78. The Morgan fingerprint density at radius 2 is 1.88 bits per heavy atom. The van der Waals surface area contributed by atoms with Crippen molar-refractivity contribution in [2.45, 2.75) is 13.0 Å². The molecule has 1 N–H and O–H groups in total. The van der Waals surface area contributed by atoms with Gasteiger partial charge < -0.3 is 5.32 Å². The summed E-state index contributed by atoms with van der Waals surface area (Å²) in [5.74, 6) is -0.334. The second-order valence-corrected chi connectivity index (χ2v) is 9.29. The summed E-state index contributed by atoms with van der Waals surface area (Å²) in [6, 6.07) is 15.7. The smallest absolute Gasteiger partial charge is 0.271 e. The number of allylic oxidation sites excluding steroid dienone is 1. The van der Waals surface area contributed by atoms with E-state index in [1.165, 1.54) is 11.3 Å². The molecule has 7 nitrogen and oxygen atoms in total. The first-order valence-corrected chi connectivity index (χ1v) is 11.7. The first-order valence-electron chi connectivity index (χ1n) is 10.5. The minimum absolute atomic E-state index is 0.241. The zero-order valence-electron chi connectivity index (χ0n) is 18.4. The second kappa shape index (κ2) is 8.89. The lowest BCUT2D eigenvalue weighted by molar-refractivity contribution is -0.113. The minimum Gasteiger partial charge on any atom is -0.322 e. The highest BCUT2D eigenvalue weighted by Gasteiger charge is 2.33. The fraction of sp³-hybridized carbons (Fsp3) is 0.120. The average molecular weight is 490 g/mol. The summed E-state index contributed by atoms with van der Waals surface area (Å²) < 4.78 is 3.73. The molecule has 0 fully saturated rings. The molecule has 1 aliphatic rings. The lowest BCUT2D eigenvalue weighted by Crippen LogP contribution is -2.40. The molecule has 0 bridgehead atoms. The molecule has 170 valence electrons. The van der Waals surface area contributed by atoms with Crippen LogP contribution in [0.4, 0.5) is 5.69 Å². The van der Waals surface area contributed by atoms with Crippen molar-refractivity contribution < 1.29 is 4.79 Å². The van der Waals surface area contributed by atoms with Crippen molar-refractivity contribution in [2.75, 3.05) is 5.32 Å². The molecule has 2 aromatic carbocycles. The number of carbonyl (C=O) groups excluding carboxylic acids is 1. The number of hydrogen-bond donors (Lipinski definition) is 1. The third-order valence-electron chi connectivity index (χ3n) is 5.52. The van der Waals surface area contributed by atoms with Gasteiger partial charge in [-0.1, -0.05) is 59.3 Å². The Kier molecular flexibility index (Phi) is 5.77. The van der Waals surface area contributed by atoms with E-state index in [2.05, 4.69) is 15.4 Å². The van der Waals surface area contributed by atoms with E-state index in [1.54, 1.807) is 46.6 Å². The third kappa shape index (κ3) is 4.02. The lowest BCUT2D eigenvalue weighted by Gasteiger charge is -2.26. The SMILES string of the molecule is CC1=C(C(=O)Nc2ccccc2)[C@@H](c2ccccc2Cl)n2c(s/c(=C/c3cnn(C)c3)c2=O)=N1. The predicted octanol–water partition coefficient (Wildman–Crippen LogP) is 3.26. The van der Waals surface area contributed by atoms with Crippen molar-refractivity contribution in [2.24, 2.45) is 12.0 Å². The number of benzene rings is 2. The van der Waals surface area contributed by atoms with E-state index in [4.69, 9.17) is 11.6 Å². The van der Waals surface area contributed by atoms with Gasteiger partial charge in [0, 0.05) is 29.5 Å². The van der Waals surface area contributed by atoms with E-state index < -0.39 is 6.04 Å². The van der Waals surface area contributed by atoms with Crippen molar-refractivity contribution >= 4 is 40.6 Å². The van der Waals surface area contributed by atoms with Crippen LogP contribution in [0.3, 0.4) is 0 Å². The number of anilines is 1. The Morgan fingerprint density at radius 1 is 1.15 bits per heavy atom. The summed E-state index contributed by atoms with van der Waals surface area (Å²) in [5, 5.41) is 7.56.